The van der Waals surface area contributed by atoms with Crippen LogP contribution in [0, 0.1) is 5.41 Å². The molecule has 0 fully saturated rings. The molecule has 0 heterocycles. The van der Waals surface area contributed by atoms with Crippen molar-refractivity contribution in [1.82, 2.24) is 5.32 Å². The number of hydrogen-bond donors (Lipinski definition) is 1. The Morgan fingerprint density at radius 3 is 2.40 bits per heavy atom. The summed E-state index contributed by atoms with van der Waals surface area (Å²) in [5.74, 6) is 0. The molecule has 0 atom stereocenters. The Morgan fingerprint density at radius 1 is 1.15 bits per heavy atom. The van der Waals surface area contributed by atoms with E-state index in [2.05, 4.69) is 25.2 Å². The van der Waals surface area contributed by atoms with Crippen LogP contribution in [-0.2, 0) is 11.2 Å². The second kappa shape index (κ2) is 8.89. The number of halogens is 2. The summed E-state index contributed by atoms with van der Waals surface area (Å²) < 4.78 is 5.08. The average Bonchev–Trinajstić information content (AvgIpc) is 2.46. The van der Waals surface area contributed by atoms with Crippen molar-refractivity contribution >= 4 is 23.2 Å². The van der Waals surface area contributed by atoms with E-state index in [1.54, 1.807) is 7.11 Å². The van der Waals surface area contributed by atoms with E-state index in [9.17, 15) is 0 Å². The van der Waals surface area contributed by atoms with Crippen molar-refractivity contribution in [3.63, 3.8) is 0 Å². The Morgan fingerprint density at radius 2 is 1.85 bits per heavy atom. The Labute approximate surface area is 132 Å². The minimum absolute atomic E-state index is 0.255. The van der Waals surface area contributed by atoms with Gasteiger partial charge in [0.15, 0.2) is 0 Å². The SMILES string of the molecule is CCC(CC)(CNCCOC)Cc1ccc(Cl)c(Cl)c1. The summed E-state index contributed by atoms with van der Waals surface area (Å²) in [7, 11) is 1.73. The zero-order valence-corrected chi connectivity index (χ0v) is 14.2. The second-order valence-corrected chi connectivity index (χ2v) is 6.12. The van der Waals surface area contributed by atoms with Gasteiger partial charge in [-0.05, 0) is 42.4 Å². The van der Waals surface area contributed by atoms with Crippen LogP contribution in [0.25, 0.3) is 0 Å². The molecule has 2 nitrogen and oxygen atoms in total. The molecule has 4 heteroatoms. The average molecular weight is 318 g/mol. The molecule has 1 aromatic rings. The molecule has 0 saturated heterocycles. The predicted molar refractivity (Wildman–Crippen MR) is 87.9 cm³/mol. The minimum atomic E-state index is 0.255. The van der Waals surface area contributed by atoms with E-state index in [1.165, 1.54) is 5.56 Å². The highest BCUT2D eigenvalue weighted by molar-refractivity contribution is 6.42. The molecule has 20 heavy (non-hydrogen) atoms. The zero-order chi connectivity index (χ0) is 15.0. The van der Waals surface area contributed by atoms with Gasteiger partial charge >= 0.3 is 0 Å². The van der Waals surface area contributed by atoms with E-state index < -0.39 is 0 Å². The third kappa shape index (κ3) is 5.25. The molecule has 0 unspecified atom stereocenters. The maximum atomic E-state index is 6.11. The molecule has 0 amide bonds. The van der Waals surface area contributed by atoms with E-state index in [-0.39, 0.29) is 5.41 Å². The Kier molecular flexibility index (Phi) is 7.90. The van der Waals surface area contributed by atoms with Crippen molar-refractivity contribution < 1.29 is 4.74 Å². The molecule has 0 radical (unpaired) electrons. The molecule has 114 valence electrons. The zero-order valence-electron chi connectivity index (χ0n) is 12.6. The lowest BCUT2D eigenvalue weighted by atomic mass is 9.77. The van der Waals surface area contributed by atoms with Gasteiger partial charge in [-0.1, -0.05) is 43.1 Å². The molecule has 0 aliphatic carbocycles. The lowest BCUT2D eigenvalue weighted by Gasteiger charge is -2.32. The van der Waals surface area contributed by atoms with Gasteiger partial charge in [0, 0.05) is 20.2 Å². The number of benzene rings is 1. The van der Waals surface area contributed by atoms with Crippen molar-refractivity contribution in [2.45, 2.75) is 33.1 Å². The van der Waals surface area contributed by atoms with Gasteiger partial charge in [0.25, 0.3) is 0 Å². The van der Waals surface area contributed by atoms with Gasteiger partial charge in [0.1, 0.15) is 0 Å². The Hall–Kier alpha value is -0.280. The number of ether oxygens (including phenoxy) is 1. The second-order valence-electron chi connectivity index (χ2n) is 5.30. The van der Waals surface area contributed by atoms with Crippen LogP contribution in [-0.4, -0.2) is 26.8 Å². The first-order chi connectivity index (χ1) is 9.56. The first-order valence-electron chi connectivity index (χ1n) is 7.20. The van der Waals surface area contributed by atoms with Crippen LogP contribution in [0.1, 0.15) is 32.3 Å². The highest BCUT2D eigenvalue weighted by Crippen LogP contribution is 2.32. The fourth-order valence-corrected chi connectivity index (χ4v) is 2.74. The van der Waals surface area contributed by atoms with Crippen LogP contribution >= 0.6 is 23.2 Å². The maximum absolute atomic E-state index is 6.11. The normalized spacial score (nSPS) is 11.8. The molecular formula is C16H25Cl2NO. The molecule has 0 aliphatic rings. The van der Waals surface area contributed by atoms with E-state index >= 15 is 0 Å². The summed E-state index contributed by atoms with van der Waals surface area (Å²) in [6, 6.07) is 5.94. The molecule has 0 aliphatic heterocycles. The van der Waals surface area contributed by atoms with Crippen LogP contribution in [0.15, 0.2) is 18.2 Å². The molecule has 1 rings (SSSR count). The predicted octanol–water partition coefficient (Wildman–Crippen LogP) is 4.58. The van der Waals surface area contributed by atoms with Gasteiger partial charge in [-0.15, -0.1) is 0 Å². The molecule has 0 aromatic heterocycles. The van der Waals surface area contributed by atoms with Crippen LogP contribution < -0.4 is 5.32 Å². The highest BCUT2D eigenvalue weighted by atomic mass is 35.5. The smallest absolute Gasteiger partial charge is 0.0595 e. The summed E-state index contributed by atoms with van der Waals surface area (Å²) >= 11 is 12.1. The lowest BCUT2D eigenvalue weighted by Crippen LogP contribution is -2.36. The topological polar surface area (TPSA) is 21.3 Å². The van der Waals surface area contributed by atoms with Gasteiger partial charge in [-0.2, -0.15) is 0 Å². The maximum Gasteiger partial charge on any atom is 0.0595 e. The largest absolute Gasteiger partial charge is 0.383 e. The van der Waals surface area contributed by atoms with Crippen molar-refractivity contribution in [1.29, 1.82) is 0 Å². The first-order valence-corrected chi connectivity index (χ1v) is 7.96. The Balaban J connectivity index is 2.71. The molecule has 0 saturated carbocycles. The van der Waals surface area contributed by atoms with Crippen molar-refractivity contribution in [2.75, 3.05) is 26.8 Å². The first kappa shape index (κ1) is 17.8. The highest BCUT2D eigenvalue weighted by Gasteiger charge is 2.26. The molecule has 0 spiro atoms. The Bertz CT molecular complexity index is 405. The quantitative estimate of drug-likeness (QED) is 0.673. The van der Waals surface area contributed by atoms with Gasteiger partial charge in [0.05, 0.1) is 16.7 Å². The van der Waals surface area contributed by atoms with Crippen LogP contribution in [0.5, 0.6) is 0 Å². The van der Waals surface area contributed by atoms with Crippen LogP contribution in [0.2, 0.25) is 10.0 Å². The lowest BCUT2D eigenvalue weighted by molar-refractivity contribution is 0.185. The van der Waals surface area contributed by atoms with E-state index in [0.717, 1.165) is 39.0 Å². The van der Waals surface area contributed by atoms with Crippen molar-refractivity contribution in [3.8, 4) is 0 Å². The third-order valence-corrected chi connectivity index (χ3v) is 4.79. The van der Waals surface area contributed by atoms with Crippen LogP contribution in [0.4, 0.5) is 0 Å². The summed E-state index contributed by atoms with van der Waals surface area (Å²) in [4.78, 5) is 0. The third-order valence-electron chi connectivity index (χ3n) is 4.05. The molecular weight excluding hydrogens is 293 g/mol. The number of rotatable bonds is 9. The summed E-state index contributed by atoms with van der Waals surface area (Å²) in [6.07, 6.45) is 3.27. The van der Waals surface area contributed by atoms with E-state index in [0.29, 0.717) is 10.0 Å². The van der Waals surface area contributed by atoms with Gasteiger partial charge in [0.2, 0.25) is 0 Å². The fraction of sp³-hybridized carbons (Fsp3) is 0.625. The molecule has 1 N–H and O–H groups in total. The minimum Gasteiger partial charge on any atom is -0.383 e. The molecule has 1 aromatic carbocycles. The summed E-state index contributed by atoms with van der Waals surface area (Å²) in [5.41, 5.74) is 1.50. The van der Waals surface area contributed by atoms with E-state index in [4.69, 9.17) is 27.9 Å². The number of hydrogen-bond acceptors (Lipinski definition) is 2. The van der Waals surface area contributed by atoms with Crippen molar-refractivity contribution in [2.24, 2.45) is 5.41 Å². The van der Waals surface area contributed by atoms with Gasteiger partial charge < -0.3 is 10.1 Å². The van der Waals surface area contributed by atoms with Crippen molar-refractivity contribution in [3.05, 3.63) is 33.8 Å². The fourth-order valence-electron chi connectivity index (χ4n) is 2.42. The number of methoxy groups -OCH3 is 1. The standard InChI is InChI=1S/C16H25Cl2NO/c1-4-16(5-2,12-19-8-9-20-3)11-13-6-7-14(17)15(18)10-13/h6-7,10,19H,4-5,8-9,11-12H2,1-3H3. The van der Waals surface area contributed by atoms with E-state index in [1.807, 2.05) is 12.1 Å². The van der Waals surface area contributed by atoms with Crippen LogP contribution in [0.3, 0.4) is 0 Å². The summed E-state index contributed by atoms with van der Waals surface area (Å²) in [5, 5.41) is 4.75. The molecule has 0 bridgehead atoms. The van der Waals surface area contributed by atoms with Gasteiger partial charge in [-0.25, -0.2) is 0 Å². The monoisotopic (exact) mass is 317 g/mol. The van der Waals surface area contributed by atoms with Gasteiger partial charge in [-0.3, -0.25) is 0 Å². The summed E-state index contributed by atoms with van der Waals surface area (Å²) in [6.45, 7) is 7.12. The number of nitrogens with one attached hydrogen (secondary N) is 1.